The van der Waals surface area contributed by atoms with Gasteiger partial charge in [-0.15, -0.1) is 0 Å². The average Bonchev–Trinajstić information content (AvgIpc) is 2.34. The van der Waals surface area contributed by atoms with E-state index in [0.29, 0.717) is 6.61 Å². The monoisotopic (exact) mass is 369 g/mol. The fourth-order valence-electron chi connectivity index (χ4n) is 1.63. The third-order valence-corrected chi connectivity index (χ3v) is 3.69. The molecule has 0 aliphatic carbocycles. The molecule has 2 N–H and O–H groups in total. The molecule has 0 atom stereocenters. The minimum Gasteiger partial charge on any atom is -0.492 e. The van der Waals surface area contributed by atoms with Crippen molar-refractivity contribution in [1.29, 1.82) is 0 Å². The van der Waals surface area contributed by atoms with Crippen molar-refractivity contribution >= 4 is 37.5 Å². The zero-order valence-electron chi connectivity index (χ0n) is 9.70. The Hall–Kier alpha value is -1.000. The standard InChI is InChI=1S/C14H13Br2NO/c15-11-5-6-14(12(16)9-11)18-8-7-10-3-1-2-4-13(10)17/h1-6,9H,7-8,17H2. The van der Waals surface area contributed by atoms with Crippen molar-refractivity contribution in [3.05, 3.63) is 57.0 Å². The molecule has 0 spiro atoms. The number of nitrogens with two attached hydrogens (primary N) is 1. The van der Waals surface area contributed by atoms with E-state index in [4.69, 9.17) is 10.5 Å². The van der Waals surface area contributed by atoms with Gasteiger partial charge in [-0.05, 0) is 45.8 Å². The van der Waals surface area contributed by atoms with Gasteiger partial charge in [-0.25, -0.2) is 0 Å². The van der Waals surface area contributed by atoms with Crippen LogP contribution in [0.25, 0.3) is 0 Å². The summed E-state index contributed by atoms with van der Waals surface area (Å²) >= 11 is 6.88. The zero-order chi connectivity index (χ0) is 13.0. The summed E-state index contributed by atoms with van der Waals surface area (Å²) in [5.74, 6) is 0.840. The van der Waals surface area contributed by atoms with Gasteiger partial charge in [0.2, 0.25) is 0 Å². The number of nitrogen functional groups attached to an aromatic ring is 1. The fraction of sp³-hybridized carbons (Fsp3) is 0.143. The smallest absolute Gasteiger partial charge is 0.133 e. The molecule has 0 fully saturated rings. The number of ether oxygens (including phenoxy) is 1. The topological polar surface area (TPSA) is 35.2 Å². The molecule has 94 valence electrons. The second kappa shape index (κ2) is 6.25. The summed E-state index contributed by atoms with van der Waals surface area (Å²) in [7, 11) is 0. The molecular formula is C14H13Br2NO. The number of hydrogen-bond donors (Lipinski definition) is 1. The SMILES string of the molecule is Nc1ccccc1CCOc1ccc(Br)cc1Br. The molecule has 0 saturated heterocycles. The summed E-state index contributed by atoms with van der Waals surface area (Å²) in [5.41, 5.74) is 7.81. The Kier molecular flexibility index (Phi) is 4.66. The molecule has 0 aliphatic heterocycles. The van der Waals surface area contributed by atoms with Gasteiger partial charge in [0.05, 0.1) is 11.1 Å². The average molecular weight is 371 g/mol. The van der Waals surface area contributed by atoms with Gasteiger partial charge in [-0.1, -0.05) is 34.1 Å². The van der Waals surface area contributed by atoms with Gasteiger partial charge in [0.15, 0.2) is 0 Å². The van der Waals surface area contributed by atoms with E-state index in [1.165, 1.54) is 0 Å². The Balaban J connectivity index is 1.95. The van der Waals surface area contributed by atoms with Gasteiger partial charge in [-0.2, -0.15) is 0 Å². The van der Waals surface area contributed by atoms with Crippen LogP contribution in [0.5, 0.6) is 5.75 Å². The van der Waals surface area contributed by atoms with Crippen molar-refractivity contribution < 1.29 is 4.74 Å². The first-order valence-electron chi connectivity index (χ1n) is 5.58. The lowest BCUT2D eigenvalue weighted by molar-refractivity contribution is 0.320. The quantitative estimate of drug-likeness (QED) is 0.808. The molecule has 0 aromatic heterocycles. The van der Waals surface area contributed by atoms with Gasteiger partial charge in [0, 0.05) is 16.6 Å². The lowest BCUT2D eigenvalue weighted by atomic mass is 10.1. The van der Waals surface area contributed by atoms with Crippen molar-refractivity contribution in [1.82, 2.24) is 0 Å². The van der Waals surface area contributed by atoms with Crippen LogP contribution >= 0.6 is 31.9 Å². The van der Waals surface area contributed by atoms with Crippen LogP contribution in [0, 0.1) is 0 Å². The zero-order valence-corrected chi connectivity index (χ0v) is 12.9. The number of halogens is 2. The van der Waals surface area contributed by atoms with Gasteiger partial charge in [0.25, 0.3) is 0 Å². The number of hydrogen-bond acceptors (Lipinski definition) is 2. The number of anilines is 1. The molecule has 2 aromatic rings. The Morgan fingerprint density at radius 3 is 2.56 bits per heavy atom. The Labute approximate surface area is 123 Å². The van der Waals surface area contributed by atoms with E-state index >= 15 is 0 Å². The minimum atomic E-state index is 0.606. The predicted molar refractivity (Wildman–Crippen MR) is 81.9 cm³/mol. The first-order valence-corrected chi connectivity index (χ1v) is 7.16. The maximum Gasteiger partial charge on any atom is 0.133 e. The summed E-state index contributed by atoms with van der Waals surface area (Å²) in [6.07, 6.45) is 0.801. The molecule has 0 bridgehead atoms. The summed E-state index contributed by atoms with van der Waals surface area (Å²) in [5, 5.41) is 0. The van der Waals surface area contributed by atoms with E-state index in [9.17, 15) is 0 Å². The molecule has 0 radical (unpaired) electrons. The number of rotatable bonds is 4. The first-order chi connectivity index (χ1) is 8.66. The minimum absolute atomic E-state index is 0.606. The Morgan fingerprint density at radius 1 is 1.06 bits per heavy atom. The van der Waals surface area contributed by atoms with Crippen LogP contribution in [-0.2, 0) is 6.42 Å². The Bertz CT molecular complexity index is 543. The molecular weight excluding hydrogens is 358 g/mol. The molecule has 18 heavy (non-hydrogen) atoms. The summed E-state index contributed by atoms with van der Waals surface area (Å²) in [4.78, 5) is 0. The highest BCUT2D eigenvalue weighted by Crippen LogP contribution is 2.28. The van der Waals surface area contributed by atoms with E-state index < -0.39 is 0 Å². The predicted octanol–water partition coefficient (Wildman–Crippen LogP) is 4.42. The largest absolute Gasteiger partial charge is 0.492 e. The highest BCUT2D eigenvalue weighted by atomic mass is 79.9. The van der Waals surface area contributed by atoms with E-state index in [1.807, 2.05) is 42.5 Å². The second-order valence-corrected chi connectivity index (χ2v) is 5.64. The van der Waals surface area contributed by atoms with Crippen LogP contribution in [0.15, 0.2) is 51.4 Å². The first kappa shape index (κ1) is 13.4. The number of benzene rings is 2. The third-order valence-electron chi connectivity index (χ3n) is 2.58. The molecule has 0 aliphatic rings. The van der Waals surface area contributed by atoms with Gasteiger partial charge in [-0.3, -0.25) is 0 Å². The highest BCUT2D eigenvalue weighted by Gasteiger charge is 2.03. The van der Waals surface area contributed by atoms with Gasteiger partial charge < -0.3 is 10.5 Å². The van der Waals surface area contributed by atoms with Gasteiger partial charge >= 0.3 is 0 Å². The Morgan fingerprint density at radius 2 is 1.83 bits per heavy atom. The molecule has 0 heterocycles. The third kappa shape index (κ3) is 3.50. The summed E-state index contributed by atoms with van der Waals surface area (Å²) in [6.45, 7) is 0.606. The lowest BCUT2D eigenvalue weighted by Gasteiger charge is -2.09. The lowest BCUT2D eigenvalue weighted by Crippen LogP contribution is -2.04. The maximum atomic E-state index is 5.88. The molecule has 0 amide bonds. The van der Waals surface area contributed by atoms with E-state index in [0.717, 1.165) is 32.4 Å². The molecule has 2 aromatic carbocycles. The second-order valence-electron chi connectivity index (χ2n) is 3.87. The van der Waals surface area contributed by atoms with E-state index in [-0.39, 0.29) is 0 Å². The van der Waals surface area contributed by atoms with Crippen molar-refractivity contribution in [3.63, 3.8) is 0 Å². The fourth-order valence-corrected chi connectivity index (χ4v) is 2.79. The van der Waals surface area contributed by atoms with Crippen molar-refractivity contribution in [2.45, 2.75) is 6.42 Å². The maximum absolute atomic E-state index is 5.88. The van der Waals surface area contributed by atoms with Crippen LogP contribution in [-0.4, -0.2) is 6.61 Å². The normalized spacial score (nSPS) is 10.3. The van der Waals surface area contributed by atoms with Crippen LogP contribution < -0.4 is 10.5 Å². The molecule has 2 rings (SSSR count). The van der Waals surface area contributed by atoms with Crippen molar-refractivity contribution in [2.24, 2.45) is 0 Å². The van der Waals surface area contributed by atoms with Crippen LogP contribution in [0.3, 0.4) is 0 Å². The van der Waals surface area contributed by atoms with Crippen molar-refractivity contribution in [3.8, 4) is 5.75 Å². The van der Waals surface area contributed by atoms with E-state index in [1.54, 1.807) is 0 Å². The van der Waals surface area contributed by atoms with Crippen LogP contribution in [0.2, 0.25) is 0 Å². The molecule has 2 nitrogen and oxygen atoms in total. The summed E-state index contributed by atoms with van der Waals surface area (Å²) in [6, 6.07) is 13.7. The highest BCUT2D eigenvalue weighted by molar-refractivity contribution is 9.11. The van der Waals surface area contributed by atoms with Crippen molar-refractivity contribution in [2.75, 3.05) is 12.3 Å². The molecule has 4 heteroatoms. The van der Waals surface area contributed by atoms with E-state index in [2.05, 4.69) is 31.9 Å². The molecule has 0 unspecified atom stereocenters. The number of para-hydroxylation sites is 1. The van der Waals surface area contributed by atoms with Crippen LogP contribution in [0.4, 0.5) is 5.69 Å². The molecule has 0 saturated carbocycles. The van der Waals surface area contributed by atoms with Gasteiger partial charge in [0.1, 0.15) is 5.75 Å². The van der Waals surface area contributed by atoms with Crippen LogP contribution in [0.1, 0.15) is 5.56 Å². The summed E-state index contributed by atoms with van der Waals surface area (Å²) < 4.78 is 7.69.